The molecule has 0 aromatic heterocycles. The van der Waals surface area contributed by atoms with Gasteiger partial charge in [-0.25, -0.2) is 0 Å². The summed E-state index contributed by atoms with van der Waals surface area (Å²) in [6.07, 6.45) is -0.841. The molecule has 1 saturated heterocycles. The largest absolute Gasteiger partial charge is 0.463 e. The van der Waals surface area contributed by atoms with Crippen LogP contribution in [0.4, 0.5) is 0 Å². The molecule has 9 heteroatoms. The van der Waals surface area contributed by atoms with Gasteiger partial charge in [0, 0.05) is 20.8 Å². The first kappa shape index (κ1) is 20.4. The van der Waals surface area contributed by atoms with Crippen molar-refractivity contribution in [2.75, 3.05) is 13.2 Å². The van der Waals surface area contributed by atoms with Gasteiger partial charge < -0.3 is 23.7 Å². The summed E-state index contributed by atoms with van der Waals surface area (Å²) in [5.74, 6) is -1.00. The smallest absolute Gasteiger partial charge is 0.303 e. The van der Waals surface area contributed by atoms with Crippen LogP contribution in [0, 0.1) is 5.92 Å². The minimum Gasteiger partial charge on any atom is -0.463 e. The number of halogens is 1. The molecule has 142 valence electrons. The van der Waals surface area contributed by atoms with Gasteiger partial charge in [-0.3, -0.25) is 14.4 Å². The van der Waals surface area contributed by atoms with Gasteiger partial charge in [0.2, 0.25) is 0 Å². The first-order valence-corrected chi connectivity index (χ1v) is 9.41. The maximum Gasteiger partial charge on any atom is 0.303 e. The third-order valence-corrected chi connectivity index (χ3v) is 5.12. The summed E-state index contributed by atoms with van der Waals surface area (Å²) in [6, 6.07) is 0. The zero-order chi connectivity index (χ0) is 18.6. The first-order valence-electron chi connectivity index (χ1n) is 8.17. The highest BCUT2D eigenvalue weighted by molar-refractivity contribution is 14.1. The molecule has 25 heavy (non-hydrogen) atoms. The van der Waals surface area contributed by atoms with Crippen LogP contribution in [0.5, 0.6) is 0 Å². The number of alkyl halides is 1. The minimum absolute atomic E-state index is 0.127. The fraction of sp³-hybridized carbons (Fsp3) is 0.812. The Morgan fingerprint density at radius 1 is 0.960 bits per heavy atom. The molecule has 0 bridgehead atoms. The van der Waals surface area contributed by atoms with E-state index in [2.05, 4.69) is 22.6 Å². The number of hydrogen-bond acceptors (Lipinski definition) is 8. The number of carbonyl (C=O) groups excluding carboxylic acids is 3. The standard InChI is InChI=1S/C16H23IO8/c1-8(18)21-7-12-14(23-9(2)19)15(24-10(3)20)13(17)16(25-12)22-6-11-4-5-11/h11-16H,4-7H2,1-3H3/t12-,13+,14-,15-,16+/m1/s1. The maximum atomic E-state index is 11.5. The Balaban J connectivity index is 2.15. The molecule has 2 aliphatic rings. The van der Waals surface area contributed by atoms with E-state index in [0.29, 0.717) is 12.5 Å². The number of hydrogen-bond donors (Lipinski definition) is 0. The molecule has 0 aromatic rings. The molecule has 2 rings (SSSR count). The second-order valence-corrected chi connectivity index (χ2v) is 7.65. The van der Waals surface area contributed by atoms with Gasteiger partial charge in [-0.15, -0.1) is 0 Å². The quantitative estimate of drug-likeness (QED) is 0.238. The van der Waals surface area contributed by atoms with E-state index in [0.717, 1.165) is 12.8 Å². The average Bonchev–Trinajstić information content (AvgIpc) is 3.32. The van der Waals surface area contributed by atoms with Crippen LogP contribution in [0.1, 0.15) is 33.6 Å². The lowest BCUT2D eigenvalue weighted by Gasteiger charge is -2.43. The Morgan fingerprint density at radius 3 is 2.08 bits per heavy atom. The van der Waals surface area contributed by atoms with E-state index in [1.54, 1.807) is 0 Å². The molecular formula is C16H23IO8. The van der Waals surface area contributed by atoms with Crippen LogP contribution in [0.25, 0.3) is 0 Å². The van der Waals surface area contributed by atoms with E-state index in [4.69, 9.17) is 23.7 Å². The minimum atomic E-state index is -0.886. The second kappa shape index (κ2) is 9.13. The lowest BCUT2D eigenvalue weighted by Crippen LogP contribution is -2.60. The highest BCUT2D eigenvalue weighted by atomic mass is 127. The summed E-state index contributed by atoms with van der Waals surface area (Å²) in [5.41, 5.74) is 0. The third-order valence-electron chi connectivity index (χ3n) is 3.82. The SMILES string of the molecule is CC(=O)OC[C@H]1O[C@H](OCC2CC2)[C@@H](I)[C@@H](OC(C)=O)[C@@H]1OC(C)=O. The van der Waals surface area contributed by atoms with Gasteiger partial charge in [0.05, 0.1) is 6.61 Å². The van der Waals surface area contributed by atoms with Crippen molar-refractivity contribution in [3.8, 4) is 0 Å². The monoisotopic (exact) mass is 470 g/mol. The Labute approximate surface area is 160 Å². The summed E-state index contributed by atoms with van der Waals surface area (Å²) >= 11 is 2.07. The molecule has 0 aromatic carbocycles. The zero-order valence-corrected chi connectivity index (χ0v) is 16.6. The number of ether oxygens (including phenoxy) is 5. The Kier molecular flexibility index (Phi) is 7.44. The van der Waals surface area contributed by atoms with Gasteiger partial charge in [-0.2, -0.15) is 0 Å². The molecule has 0 unspecified atom stereocenters. The van der Waals surface area contributed by atoms with Crippen LogP contribution in [0.2, 0.25) is 0 Å². The van der Waals surface area contributed by atoms with Crippen molar-refractivity contribution < 1.29 is 38.1 Å². The molecule has 0 spiro atoms. The van der Waals surface area contributed by atoms with Crippen LogP contribution in [0.3, 0.4) is 0 Å². The topological polar surface area (TPSA) is 97.4 Å². The van der Waals surface area contributed by atoms with Gasteiger partial charge in [0.1, 0.15) is 16.6 Å². The van der Waals surface area contributed by atoms with Crippen molar-refractivity contribution >= 4 is 40.5 Å². The molecule has 2 fully saturated rings. The van der Waals surface area contributed by atoms with Crippen molar-refractivity contribution in [1.82, 2.24) is 0 Å². The molecule has 1 heterocycles. The van der Waals surface area contributed by atoms with Gasteiger partial charge >= 0.3 is 17.9 Å². The third kappa shape index (κ3) is 6.37. The molecule has 1 saturated carbocycles. The molecule has 5 atom stereocenters. The number of carbonyl (C=O) groups is 3. The fourth-order valence-corrected chi connectivity index (χ4v) is 3.44. The van der Waals surface area contributed by atoms with Gasteiger partial charge in [-0.05, 0) is 18.8 Å². The second-order valence-electron chi connectivity index (χ2n) is 6.21. The van der Waals surface area contributed by atoms with E-state index in [-0.39, 0.29) is 10.5 Å². The predicted molar refractivity (Wildman–Crippen MR) is 92.9 cm³/mol. The van der Waals surface area contributed by atoms with Crippen LogP contribution >= 0.6 is 22.6 Å². The van der Waals surface area contributed by atoms with E-state index in [1.165, 1.54) is 20.8 Å². The van der Waals surface area contributed by atoms with Gasteiger partial charge in [0.25, 0.3) is 0 Å². The van der Waals surface area contributed by atoms with E-state index < -0.39 is 42.5 Å². The van der Waals surface area contributed by atoms with Crippen LogP contribution in [-0.2, 0) is 38.1 Å². The fourth-order valence-electron chi connectivity index (χ4n) is 2.51. The van der Waals surface area contributed by atoms with Crippen molar-refractivity contribution in [2.24, 2.45) is 5.92 Å². The van der Waals surface area contributed by atoms with Crippen molar-refractivity contribution in [1.29, 1.82) is 0 Å². The predicted octanol–water partition coefficient (Wildman–Crippen LogP) is 1.37. The maximum absolute atomic E-state index is 11.5. The zero-order valence-electron chi connectivity index (χ0n) is 14.4. The van der Waals surface area contributed by atoms with Gasteiger partial charge in [0.15, 0.2) is 18.5 Å². The summed E-state index contributed by atoms with van der Waals surface area (Å²) < 4.78 is 27.0. The Bertz CT molecular complexity index is 506. The number of esters is 3. The lowest BCUT2D eigenvalue weighted by molar-refractivity contribution is -0.260. The van der Waals surface area contributed by atoms with E-state index >= 15 is 0 Å². The van der Waals surface area contributed by atoms with Crippen LogP contribution in [0.15, 0.2) is 0 Å². The van der Waals surface area contributed by atoms with E-state index in [1.807, 2.05) is 0 Å². The van der Waals surface area contributed by atoms with Gasteiger partial charge in [-0.1, -0.05) is 22.6 Å². The lowest BCUT2D eigenvalue weighted by atomic mass is 10.0. The van der Waals surface area contributed by atoms with Crippen molar-refractivity contribution in [2.45, 2.75) is 62.1 Å². The summed E-state index contributed by atoms with van der Waals surface area (Å²) in [5, 5.41) is 0. The van der Waals surface area contributed by atoms with Crippen LogP contribution in [-0.4, -0.2) is 59.6 Å². The number of rotatable bonds is 7. The molecule has 0 radical (unpaired) electrons. The summed E-state index contributed by atoms with van der Waals surface area (Å²) in [4.78, 5) is 34.1. The molecule has 1 aliphatic carbocycles. The Morgan fingerprint density at radius 2 is 1.56 bits per heavy atom. The normalized spacial score (nSPS) is 31.9. The van der Waals surface area contributed by atoms with E-state index in [9.17, 15) is 14.4 Å². The molecule has 0 N–H and O–H groups in total. The Hall–Kier alpha value is -0.940. The van der Waals surface area contributed by atoms with Crippen molar-refractivity contribution in [3.63, 3.8) is 0 Å². The first-order chi connectivity index (χ1) is 11.8. The summed E-state index contributed by atoms with van der Waals surface area (Å²) in [6.45, 7) is 4.24. The molecule has 8 nitrogen and oxygen atoms in total. The highest BCUT2D eigenvalue weighted by Gasteiger charge is 2.50. The molecule has 1 aliphatic heterocycles. The van der Waals surface area contributed by atoms with Crippen LogP contribution < -0.4 is 0 Å². The molecule has 0 amide bonds. The summed E-state index contributed by atoms with van der Waals surface area (Å²) in [7, 11) is 0. The molecular weight excluding hydrogens is 447 g/mol. The highest BCUT2D eigenvalue weighted by Crippen LogP contribution is 2.35. The average molecular weight is 470 g/mol. The van der Waals surface area contributed by atoms with Crippen molar-refractivity contribution in [3.05, 3.63) is 0 Å².